The van der Waals surface area contributed by atoms with Crippen LogP contribution in [0.5, 0.6) is 0 Å². The van der Waals surface area contributed by atoms with Gasteiger partial charge in [0.2, 0.25) is 10.0 Å². The molecule has 0 amide bonds. The Bertz CT molecular complexity index is 546. The van der Waals surface area contributed by atoms with Gasteiger partial charge in [-0.2, -0.15) is 4.31 Å². The van der Waals surface area contributed by atoms with Gasteiger partial charge in [-0.3, -0.25) is 0 Å². The fraction of sp³-hybridized carbons (Fsp3) is 0.500. The van der Waals surface area contributed by atoms with Crippen LogP contribution in [-0.4, -0.2) is 25.8 Å². The van der Waals surface area contributed by atoms with Crippen LogP contribution in [0.3, 0.4) is 0 Å². The van der Waals surface area contributed by atoms with Crippen molar-refractivity contribution in [3.05, 3.63) is 27.7 Å². The molecule has 7 heteroatoms. The maximum Gasteiger partial charge on any atom is 0.244 e. The molecule has 0 N–H and O–H groups in total. The molecule has 0 saturated carbocycles. The van der Waals surface area contributed by atoms with Crippen molar-refractivity contribution in [1.82, 2.24) is 4.31 Å². The molecular formula is C12H16Cl3NO2S. The zero-order valence-corrected chi connectivity index (χ0v) is 13.9. The summed E-state index contributed by atoms with van der Waals surface area (Å²) in [5, 5.41) is 0.481. The van der Waals surface area contributed by atoms with Gasteiger partial charge in [-0.1, -0.05) is 37.0 Å². The third-order valence-corrected chi connectivity index (χ3v) is 5.91. The standard InChI is InChI=1S/C12H16Cl3NO2S/c1-3-7-16(4-2)19(17,18)11-6-5-10(14)9(8-13)12(11)15/h5-6H,3-4,7-8H2,1-2H3. The highest BCUT2D eigenvalue weighted by molar-refractivity contribution is 7.89. The monoisotopic (exact) mass is 343 g/mol. The van der Waals surface area contributed by atoms with Crippen LogP contribution in [0.4, 0.5) is 0 Å². The first-order valence-corrected chi connectivity index (χ1v) is 8.66. The largest absolute Gasteiger partial charge is 0.244 e. The van der Waals surface area contributed by atoms with Crippen molar-refractivity contribution in [2.24, 2.45) is 0 Å². The predicted octanol–water partition coefficient (Wildman–Crippen LogP) is 4.15. The molecule has 0 aromatic heterocycles. The number of nitrogens with zero attached hydrogens (tertiary/aromatic N) is 1. The predicted molar refractivity (Wildman–Crippen MR) is 80.7 cm³/mol. The van der Waals surface area contributed by atoms with E-state index in [1.165, 1.54) is 16.4 Å². The summed E-state index contributed by atoms with van der Waals surface area (Å²) < 4.78 is 26.4. The van der Waals surface area contributed by atoms with Crippen molar-refractivity contribution < 1.29 is 8.42 Å². The highest BCUT2D eigenvalue weighted by Gasteiger charge is 2.26. The molecule has 0 saturated heterocycles. The number of rotatable bonds is 6. The van der Waals surface area contributed by atoms with Gasteiger partial charge in [0.05, 0.1) is 10.9 Å². The summed E-state index contributed by atoms with van der Waals surface area (Å²) >= 11 is 17.8. The quantitative estimate of drug-likeness (QED) is 0.727. The molecule has 1 aromatic rings. The second-order valence-corrected chi connectivity index (χ2v) is 6.93. The minimum atomic E-state index is -3.61. The lowest BCUT2D eigenvalue weighted by atomic mass is 10.2. The van der Waals surface area contributed by atoms with Crippen LogP contribution in [0, 0.1) is 0 Å². The molecule has 1 aromatic carbocycles. The van der Waals surface area contributed by atoms with Gasteiger partial charge >= 0.3 is 0 Å². The van der Waals surface area contributed by atoms with Crippen molar-refractivity contribution in [1.29, 1.82) is 0 Å². The highest BCUT2D eigenvalue weighted by atomic mass is 35.5. The Balaban J connectivity index is 3.37. The van der Waals surface area contributed by atoms with Crippen LogP contribution in [0.1, 0.15) is 25.8 Å². The molecular weight excluding hydrogens is 329 g/mol. The van der Waals surface area contributed by atoms with E-state index in [0.717, 1.165) is 6.42 Å². The second kappa shape index (κ2) is 7.14. The Hall–Kier alpha value is -0.000000000000000167. The van der Waals surface area contributed by atoms with Gasteiger partial charge in [0.1, 0.15) is 4.90 Å². The fourth-order valence-electron chi connectivity index (χ4n) is 1.73. The Labute approximate surface area is 129 Å². The Morgan fingerprint density at radius 3 is 2.32 bits per heavy atom. The van der Waals surface area contributed by atoms with E-state index in [0.29, 0.717) is 23.7 Å². The van der Waals surface area contributed by atoms with Gasteiger partial charge in [-0.05, 0) is 18.6 Å². The van der Waals surface area contributed by atoms with E-state index in [1.54, 1.807) is 6.92 Å². The van der Waals surface area contributed by atoms with Gasteiger partial charge in [0.25, 0.3) is 0 Å². The second-order valence-electron chi connectivity index (χ2n) is 3.97. The number of hydrogen-bond acceptors (Lipinski definition) is 2. The van der Waals surface area contributed by atoms with Gasteiger partial charge in [-0.15, -0.1) is 11.6 Å². The van der Waals surface area contributed by atoms with Gasteiger partial charge in [0, 0.05) is 23.7 Å². The third-order valence-electron chi connectivity index (χ3n) is 2.73. The molecule has 3 nitrogen and oxygen atoms in total. The van der Waals surface area contributed by atoms with E-state index in [-0.39, 0.29) is 15.8 Å². The zero-order valence-electron chi connectivity index (χ0n) is 10.8. The summed E-state index contributed by atoms with van der Waals surface area (Å²) in [5.74, 6) is 0.0704. The molecule has 108 valence electrons. The molecule has 0 aliphatic rings. The average molecular weight is 345 g/mol. The molecule has 0 atom stereocenters. The average Bonchev–Trinajstić information content (AvgIpc) is 2.35. The minimum Gasteiger partial charge on any atom is -0.207 e. The molecule has 0 aliphatic heterocycles. The smallest absolute Gasteiger partial charge is 0.207 e. The number of halogens is 3. The number of alkyl halides is 1. The summed E-state index contributed by atoms with van der Waals surface area (Å²) in [6.45, 7) is 4.56. The van der Waals surface area contributed by atoms with Crippen LogP contribution in [0.25, 0.3) is 0 Å². The Morgan fingerprint density at radius 1 is 1.21 bits per heavy atom. The van der Waals surface area contributed by atoms with E-state index in [1.807, 2.05) is 6.92 Å². The number of benzene rings is 1. The molecule has 1 rings (SSSR count). The summed E-state index contributed by atoms with van der Waals surface area (Å²) in [4.78, 5) is 0.0597. The molecule has 0 heterocycles. The fourth-order valence-corrected chi connectivity index (χ4v) is 4.58. The lowest BCUT2D eigenvalue weighted by Crippen LogP contribution is -2.31. The van der Waals surface area contributed by atoms with Crippen molar-refractivity contribution >= 4 is 44.8 Å². The maximum atomic E-state index is 12.5. The first-order valence-electron chi connectivity index (χ1n) is 5.93. The molecule has 0 bridgehead atoms. The zero-order chi connectivity index (χ0) is 14.6. The van der Waals surface area contributed by atoms with Crippen molar-refractivity contribution in [3.63, 3.8) is 0 Å². The molecule has 0 spiro atoms. The first-order chi connectivity index (χ1) is 8.89. The van der Waals surface area contributed by atoms with Gasteiger partial charge in [-0.25, -0.2) is 8.42 Å². The van der Waals surface area contributed by atoms with Crippen LogP contribution in [0.15, 0.2) is 17.0 Å². The van der Waals surface area contributed by atoms with E-state index >= 15 is 0 Å². The van der Waals surface area contributed by atoms with Crippen LogP contribution in [0.2, 0.25) is 10.0 Å². The topological polar surface area (TPSA) is 37.4 Å². The molecule has 0 radical (unpaired) electrons. The van der Waals surface area contributed by atoms with Crippen molar-refractivity contribution in [2.45, 2.75) is 31.0 Å². The van der Waals surface area contributed by atoms with Crippen molar-refractivity contribution in [3.8, 4) is 0 Å². The summed E-state index contributed by atoms with van der Waals surface area (Å²) in [6.07, 6.45) is 0.737. The summed E-state index contributed by atoms with van der Waals surface area (Å²) in [7, 11) is -3.61. The molecule has 19 heavy (non-hydrogen) atoms. The SMILES string of the molecule is CCCN(CC)S(=O)(=O)c1ccc(Cl)c(CCl)c1Cl. The van der Waals surface area contributed by atoms with Crippen molar-refractivity contribution in [2.75, 3.05) is 13.1 Å². The van der Waals surface area contributed by atoms with Crippen LogP contribution < -0.4 is 0 Å². The lowest BCUT2D eigenvalue weighted by Gasteiger charge is -2.21. The van der Waals surface area contributed by atoms with E-state index in [2.05, 4.69) is 0 Å². The Kier molecular flexibility index (Phi) is 6.40. The highest BCUT2D eigenvalue weighted by Crippen LogP contribution is 2.33. The van der Waals surface area contributed by atoms with Crippen LogP contribution in [-0.2, 0) is 15.9 Å². The molecule has 0 fully saturated rings. The van der Waals surface area contributed by atoms with Crippen LogP contribution >= 0.6 is 34.8 Å². The van der Waals surface area contributed by atoms with E-state index in [4.69, 9.17) is 34.8 Å². The summed E-state index contributed by atoms with van der Waals surface area (Å²) in [5.41, 5.74) is 0.443. The molecule has 0 aliphatic carbocycles. The number of hydrogen-bond donors (Lipinski definition) is 0. The van der Waals surface area contributed by atoms with E-state index in [9.17, 15) is 8.42 Å². The number of sulfonamides is 1. The normalized spacial score (nSPS) is 12.1. The third kappa shape index (κ3) is 3.56. The lowest BCUT2D eigenvalue weighted by molar-refractivity contribution is 0.427. The van der Waals surface area contributed by atoms with Gasteiger partial charge < -0.3 is 0 Å². The molecule has 0 unspecified atom stereocenters. The van der Waals surface area contributed by atoms with E-state index < -0.39 is 10.0 Å². The first kappa shape index (κ1) is 17.1. The minimum absolute atomic E-state index is 0.0597. The van der Waals surface area contributed by atoms with Gasteiger partial charge in [0.15, 0.2) is 0 Å². The Morgan fingerprint density at radius 2 is 1.84 bits per heavy atom. The summed E-state index contributed by atoms with van der Waals surface area (Å²) in [6, 6.07) is 2.94. The maximum absolute atomic E-state index is 12.5.